The van der Waals surface area contributed by atoms with Crippen molar-refractivity contribution in [3.05, 3.63) is 54.6 Å². The lowest BCUT2D eigenvalue weighted by Gasteiger charge is -2.11. The molecule has 0 bridgehead atoms. The number of rotatable bonds is 8. The highest BCUT2D eigenvalue weighted by Gasteiger charge is 2.15. The molecule has 132 valence electrons. The van der Waals surface area contributed by atoms with E-state index in [0.29, 0.717) is 5.69 Å². The molecular weight excluding hydrogens is 340 g/mol. The molecule has 2 aromatic rings. The fourth-order valence-electron chi connectivity index (χ4n) is 1.94. The number of nitrogens with one attached hydrogen (secondary N) is 2. The van der Waals surface area contributed by atoms with Gasteiger partial charge in [-0.1, -0.05) is 42.1 Å². The molecule has 6 nitrogen and oxygen atoms in total. The van der Waals surface area contributed by atoms with Crippen LogP contribution in [-0.2, 0) is 14.3 Å². The zero-order chi connectivity index (χ0) is 17.9. The predicted molar refractivity (Wildman–Crippen MR) is 96.6 cm³/mol. The normalized spacial score (nSPS) is 10.3. The van der Waals surface area contributed by atoms with Crippen LogP contribution in [0.2, 0.25) is 0 Å². The van der Waals surface area contributed by atoms with Crippen LogP contribution in [0.4, 0.5) is 5.69 Å². The standard InChI is InChI=1S/C18H20N2O4S/c21-11-13-24-12-10-19-17(22)18(23)20-15-8-4-5-9-16(15)25-14-6-2-1-3-7-14/h1-9,21H,10-13H2,(H,19,22)(H,20,23). The van der Waals surface area contributed by atoms with Crippen LogP contribution in [0.1, 0.15) is 0 Å². The van der Waals surface area contributed by atoms with E-state index in [1.807, 2.05) is 42.5 Å². The summed E-state index contributed by atoms with van der Waals surface area (Å²) in [6.45, 7) is 0.559. The Morgan fingerprint density at radius 1 is 0.960 bits per heavy atom. The van der Waals surface area contributed by atoms with Crippen LogP contribution >= 0.6 is 11.8 Å². The summed E-state index contributed by atoms with van der Waals surface area (Å²) in [5.41, 5.74) is 0.577. The molecule has 0 heterocycles. The van der Waals surface area contributed by atoms with E-state index in [1.165, 1.54) is 11.8 Å². The van der Waals surface area contributed by atoms with Gasteiger partial charge in [-0.05, 0) is 24.3 Å². The molecule has 2 aromatic carbocycles. The van der Waals surface area contributed by atoms with Gasteiger partial charge in [0.15, 0.2) is 0 Å². The van der Waals surface area contributed by atoms with Gasteiger partial charge >= 0.3 is 11.8 Å². The van der Waals surface area contributed by atoms with E-state index in [2.05, 4.69) is 10.6 Å². The van der Waals surface area contributed by atoms with Crippen LogP contribution in [0.25, 0.3) is 0 Å². The maximum atomic E-state index is 12.0. The number of benzene rings is 2. The van der Waals surface area contributed by atoms with Gasteiger partial charge in [-0.25, -0.2) is 0 Å². The Balaban J connectivity index is 1.91. The monoisotopic (exact) mass is 360 g/mol. The molecule has 2 amide bonds. The first-order chi connectivity index (χ1) is 12.2. The molecule has 0 aliphatic carbocycles. The number of aliphatic hydroxyl groups excluding tert-OH is 1. The highest BCUT2D eigenvalue weighted by molar-refractivity contribution is 7.99. The largest absolute Gasteiger partial charge is 0.394 e. The smallest absolute Gasteiger partial charge is 0.313 e. The van der Waals surface area contributed by atoms with Gasteiger partial charge in [-0.15, -0.1) is 0 Å². The SMILES string of the molecule is O=C(NCCOCCO)C(=O)Nc1ccccc1Sc1ccccc1. The highest BCUT2D eigenvalue weighted by atomic mass is 32.2. The number of hydrogen-bond donors (Lipinski definition) is 3. The lowest BCUT2D eigenvalue weighted by Crippen LogP contribution is -2.37. The van der Waals surface area contributed by atoms with Crippen molar-refractivity contribution < 1.29 is 19.4 Å². The van der Waals surface area contributed by atoms with Gasteiger partial charge in [0.25, 0.3) is 0 Å². The van der Waals surface area contributed by atoms with Crippen LogP contribution in [0.3, 0.4) is 0 Å². The minimum absolute atomic E-state index is 0.0791. The lowest BCUT2D eigenvalue weighted by atomic mass is 10.3. The van der Waals surface area contributed by atoms with Gasteiger partial charge < -0.3 is 20.5 Å². The Labute approximate surface area is 150 Å². The second-order valence-electron chi connectivity index (χ2n) is 4.96. The van der Waals surface area contributed by atoms with Crippen LogP contribution in [-0.4, -0.2) is 43.3 Å². The molecule has 0 aromatic heterocycles. The molecule has 0 saturated heterocycles. The van der Waals surface area contributed by atoms with Crippen molar-refractivity contribution in [1.29, 1.82) is 0 Å². The van der Waals surface area contributed by atoms with Gasteiger partial charge in [-0.2, -0.15) is 0 Å². The van der Waals surface area contributed by atoms with E-state index >= 15 is 0 Å². The molecule has 0 radical (unpaired) electrons. The lowest BCUT2D eigenvalue weighted by molar-refractivity contribution is -0.136. The summed E-state index contributed by atoms with van der Waals surface area (Å²) in [6, 6.07) is 17.1. The molecule has 0 fully saturated rings. The summed E-state index contributed by atoms with van der Waals surface area (Å²) < 4.78 is 5.02. The topological polar surface area (TPSA) is 87.7 Å². The van der Waals surface area contributed by atoms with Crippen molar-refractivity contribution in [2.45, 2.75) is 9.79 Å². The number of para-hydroxylation sites is 1. The summed E-state index contributed by atoms with van der Waals surface area (Å²) in [7, 11) is 0. The average molecular weight is 360 g/mol. The van der Waals surface area contributed by atoms with Crippen molar-refractivity contribution in [2.24, 2.45) is 0 Å². The van der Waals surface area contributed by atoms with Crippen LogP contribution in [0, 0.1) is 0 Å². The second kappa shape index (κ2) is 10.5. The first kappa shape index (κ1) is 19.0. The first-order valence-corrected chi connectivity index (χ1v) is 8.62. The molecule has 25 heavy (non-hydrogen) atoms. The third-order valence-corrected chi connectivity index (χ3v) is 4.16. The predicted octanol–water partition coefficient (Wildman–Crippen LogP) is 1.90. The fourth-order valence-corrected chi connectivity index (χ4v) is 2.86. The zero-order valence-corrected chi connectivity index (χ0v) is 14.4. The van der Waals surface area contributed by atoms with Gasteiger partial charge in [0.1, 0.15) is 0 Å². The van der Waals surface area contributed by atoms with Crippen LogP contribution < -0.4 is 10.6 Å². The molecule has 0 spiro atoms. The maximum absolute atomic E-state index is 12.0. The van der Waals surface area contributed by atoms with Crippen molar-refractivity contribution >= 4 is 29.3 Å². The third kappa shape index (κ3) is 6.58. The maximum Gasteiger partial charge on any atom is 0.313 e. The number of carbonyl (C=O) groups excluding carboxylic acids is 2. The van der Waals surface area contributed by atoms with E-state index < -0.39 is 11.8 Å². The molecule has 3 N–H and O–H groups in total. The minimum Gasteiger partial charge on any atom is -0.394 e. The number of aliphatic hydroxyl groups is 1. The van der Waals surface area contributed by atoms with Gasteiger partial charge in [0.05, 0.1) is 25.5 Å². The van der Waals surface area contributed by atoms with E-state index in [4.69, 9.17) is 9.84 Å². The van der Waals surface area contributed by atoms with E-state index in [9.17, 15) is 9.59 Å². The molecule has 0 aliphatic heterocycles. The minimum atomic E-state index is -0.733. The molecule has 2 rings (SSSR count). The molecule has 0 saturated carbocycles. The molecule has 0 aliphatic rings. The van der Waals surface area contributed by atoms with Crippen LogP contribution in [0.5, 0.6) is 0 Å². The number of carbonyl (C=O) groups is 2. The van der Waals surface area contributed by atoms with Gasteiger partial charge in [-0.3, -0.25) is 9.59 Å². The molecule has 7 heteroatoms. The first-order valence-electron chi connectivity index (χ1n) is 7.80. The van der Waals surface area contributed by atoms with Crippen LogP contribution in [0.15, 0.2) is 64.4 Å². The van der Waals surface area contributed by atoms with Crippen molar-refractivity contribution in [2.75, 3.05) is 31.7 Å². The summed E-state index contributed by atoms with van der Waals surface area (Å²) in [5.74, 6) is -1.46. The average Bonchev–Trinajstić information content (AvgIpc) is 2.64. The van der Waals surface area contributed by atoms with Gasteiger partial charge in [0, 0.05) is 16.3 Å². The molecular formula is C18H20N2O4S. The van der Waals surface area contributed by atoms with E-state index in [1.54, 1.807) is 12.1 Å². The number of amides is 2. The van der Waals surface area contributed by atoms with Crippen molar-refractivity contribution in [1.82, 2.24) is 5.32 Å². The molecule has 0 unspecified atom stereocenters. The van der Waals surface area contributed by atoms with Crippen molar-refractivity contribution in [3.8, 4) is 0 Å². The Morgan fingerprint density at radius 3 is 2.44 bits per heavy atom. The summed E-state index contributed by atoms with van der Waals surface area (Å²) in [4.78, 5) is 25.7. The number of ether oxygens (including phenoxy) is 1. The third-order valence-electron chi connectivity index (χ3n) is 3.08. The fraction of sp³-hybridized carbons (Fsp3) is 0.222. The Hall–Kier alpha value is -2.35. The van der Waals surface area contributed by atoms with E-state index in [0.717, 1.165) is 9.79 Å². The summed E-state index contributed by atoms with van der Waals surface area (Å²) in [6.07, 6.45) is 0. The number of anilines is 1. The van der Waals surface area contributed by atoms with Gasteiger partial charge in [0.2, 0.25) is 0 Å². The summed E-state index contributed by atoms with van der Waals surface area (Å²) >= 11 is 1.50. The Morgan fingerprint density at radius 2 is 1.68 bits per heavy atom. The number of hydrogen-bond acceptors (Lipinski definition) is 5. The zero-order valence-electron chi connectivity index (χ0n) is 13.6. The Kier molecular flexibility index (Phi) is 7.97. The summed E-state index contributed by atoms with van der Waals surface area (Å²) in [5, 5.41) is 13.7. The molecule has 0 atom stereocenters. The second-order valence-corrected chi connectivity index (χ2v) is 6.07. The Bertz CT molecular complexity index is 694. The van der Waals surface area contributed by atoms with E-state index in [-0.39, 0.29) is 26.4 Å². The van der Waals surface area contributed by atoms with Crippen molar-refractivity contribution in [3.63, 3.8) is 0 Å². The quantitative estimate of drug-likeness (QED) is 0.494. The highest BCUT2D eigenvalue weighted by Crippen LogP contribution is 2.33.